The van der Waals surface area contributed by atoms with Gasteiger partial charge in [0.15, 0.2) is 0 Å². The third-order valence-electron chi connectivity index (χ3n) is 4.36. The summed E-state index contributed by atoms with van der Waals surface area (Å²) in [7, 11) is 3.39. The second kappa shape index (κ2) is 9.61. The van der Waals surface area contributed by atoms with Crippen molar-refractivity contribution in [1.82, 2.24) is 5.32 Å². The number of nitrogens with one attached hydrogen (secondary N) is 1. The Morgan fingerprint density at radius 3 is 2.88 bits per heavy atom. The number of hydrogen-bond donors (Lipinski definition) is 2. The lowest BCUT2D eigenvalue weighted by atomic mass is 9.90. The van der Waals surface area contributed by atoms with Crippen molar-refractivity contribution in [1.29, 1.82) is 0 Å². The first kappa shape index (κ1) is 19.5. The molecule has 5 heteroatoms. The molecule has 2 atom stereocenters. The Bertz CT molecular complexity index is 599. The van der Waals surface area contributed by atoms with Crippen molar-refractivity contribution < 1.29 is 19.3 Å². The molecular formula is C20H29NO4. The largest absolute Gasteiger partial charge is 0.501 e. The number of aliphatic hydroxyl groups excluding tert-OH is 1. The van der Waals surface area contributed by atoms with Gasteiger partial charge in [-0.1, -0.05) is 24.3 Å². The number of aliphatic hydroxyl groups is 1. The summed E-state index contributed by atoms with van der Waals surface area (Å²) in [6, 6.07) is 7.81. The minimum Gasteiger partial charge on any atom is -0.501 e. The van der Waals surface area contributed by atoms with Crippen LogP contribution in [0.4, 0.5) is 0 Å². The molecule has 25 heavy (non-hydrogen) atoms. The third-order valence-corrected chi connectivity index (χ3v) is 4.36. The predicted octanol–water partition coefficient (Wildman–Crippen LogP) is 2.59. The molecule has 1 aromatic carbocycles. The van der Waals surface area contributed by atoms with E-state index in [2.05, 4.69) is 11.4 Å². The number of benzene rings is 1. The molecular weight excluding hydrogens is 318 g/mol. The summed E-state index contributed by atoms with van der Waals surface area (Å²) in [4.78, 5) is 0. The van der Waals surface area contributed by atoms with Crippen molar-refractivity contribution in [2.24, 2.45) is 0 Å². The van der Waals surface area contributed by atoms with Gasteiger partial charge in [0.05, 0.1) is 18.5 Å². The Kier molecular flexibility index (Phi) is 7.50. The van der Waals surface area contributed by atoms with Gasteiger partial charge < -0.3 is 24.6 Å². The number of allylic oxidation sites excluding steroid dienone is 2. The highest BCUT2D eigenvalue weighted by Crippen LogP contribution is 2.29. The van der Waals surface area contributed by atoms with Gasteiger partial charge in [0.1, 0.15) is 18.5 Å². The van der Waals surface area contributed by atoms with Crippen LogP contribution in [0.1, 0.15) is 18.4 Å². The summed E-state index contributed by atoms with van der Waals surface area (Å²) in [6.07, 6.45) is 6.95. The van der Waals surface area contributed by atoms with Crippen LogP contribution in [0, 0.1) is 6.92 Å². The molecule has 0 spiro atoms. The van der Waals surface area contributed by atoms with Crippen LogP contribution in [-0.2, 0) is 9.47 Å². The minimum absolute atomic E-state index is 0.266. The van der Waals surface area contributed by atoms with Gasteiger partial charge in [-0.25, -0.2) is 0 Å². The zero-order chi connectivity index (χ0) is 18.1. The first-order chi connectivity index (χ1) is 12.1. The molecule has 0 radical (unpaired) electrons. The maximum atomic E-state index is 10.1. The van der Waals surface area contributed by atoms with Gasteiger partial charge in [0.2, 0.25) is 0 Å². The number of ether oxygens (including phenoxy) is 3. The second-order valence-electron chi connectivity index (χ2n) is 6.38. The van der Waals surface area contributed by atoms with Gasteiger partial charge in [-0.2, -0.15) is 0 Å². The van der Waals surface area contributed by atoms with Crippen molar-refractivity contribution in [2.75, 3.05) is 33.9 Å². The first-order valence-electron chi connectivity index (χ1n) is 8.63. The SMILES string of the molecule is COC1=CC=CC(CCNCC(O)COc2cccc(C)c2)(OC)C1. The van der Waals surface area contributed by atoms with Crippen molar-refractivity contribution in [2.45, 2.75) is 31.5 Å². The average molecular weight is 347 g/mol. The van der Waals surface area contributed by atoms with Crippen LogP contribution in [0.25, 0.3) is 0 Å². The number of rotatable bonds is 10. The molecule has 0 bridgehead atoms. The highest BCUT2D eigenvalue weighted by atomic mass is 16.5. The second-order valence-corrected chi connectivity index (χ2v) is 6.38. The average Bonchev–Trinajstić information content (AvgIpc) is 2.64. The van der Waals surface area contributed by atoms with Gasteiger partial charge in [0.25, 0.3) is 0 Å². The fraction of sp³-hybridized carbons (Fsp3) is 0.500. The van der Waals surface area contributed by atoms with Gasteiger partial charge in [-0.05, 0) is 43.7 Å². The Balaban J connectivity index is 1.68. The van der Waals surface area contributed by atoms with E-state index < -0.39 is 6.10 Å². The molecule has 0 fully saturated rings. The predicted molar refractivity (Wildman–Crippen MR) is 98.8 cm³/mol. The zero-order valence-corrected chi connectivity index (χ0v) is 15.3. The van der Waals surface area contributed by atoms with Crippen LogP contribution < -0.4 is 10.1 Å². The molecule has 5 nitrogen and oxygen atoms in total. The van der Waals surface area contributed by atoms with E-state index in [1.165, 1.54) is 0 Å². The topological polar surface area (TPSA) is 60.0 Å². The van der Waals surface area contributed by atoms with Gasteiger partial charge in [0, 0.05) is 20.1 Å². The standard InChI is InChI=1S/C20H29NO4/c1-16-6-4-7-18(12-16)25-15-17(22)14-21-11-10-20(24-3)9-5-8-19(13-20)23-2/h4-9,12,17,21-22H,10-11,13-15H2,1-3H3. The molecule has 0 saturated heterocycles. The number of aryl methyl sites for hydroxylation is 1. The quantitative estimate of drug-likeness (QED) is 0.637. The van der Waals surface area contributed by atoms with Crippen LogP contribution >= 0.6 is 0 Å². The summed E-state index contributed by atoms with van der Waals surface area (Å²) in [5.74, 6) is 1.69. The van der Waals surface area contributed by atoms with Crippen LogP contribution in [0.2, 0.25) is 0 Å². The molecule has 1 aliphatic rings. The molecule has 0 aromatic heterocycles. The zero-order valence-electron chi connectivity index (χ0n) is 15.3. The lowest BCUT2D eigenvalue weighted by Crippen LogP contribution is -2.38. The van der Waals surface area contributed by atoms with Gasteiger partial charge >= 0.3 is 0 Å². The molecule has 2 N–H and O–H groups in total. The van der Waals surface area contributed by atoms with Crippen LogP contribution in [0.5, 0.6) is 5.75 Å². The van der Waals surface area contributed by atoms with E-state index in [4.69, 9.17) is 14.2 Å². The number of methoxy groups -OCH3 is 2. The molecule has 0 heterocycles. The fourth-order valence-corrected chi connectivity index (χ4v) is 2.82. The summed E-state index contributed by atoms with van der Waals surface area (Å²) >= 11 is 0. The van der Waals surface area contributed by atoms with E-state index in [9.17, 15) is 5.11 Å². The molecule has 2 unspecified atom stereocenters. The molecule has 138 valence electrons. The molecule has 2 rings (SSSR count). The summed E-state index contributed by atoms with van der Waals surface area (Å²) < 4.78 is 16.6. The third kappa shape index (κ3) is 6.20. The van der Waals surface area contributed by atoms with Crippen LogP contribution in [-0.4, -0.2) is 50.7 Å². The van der Waals surface area contributed by atoms with Gasteiger partial charge in [-0.15, -0.1) is 0 Å². The van der Waals surface area contributed by atoms with Crippen LogP contribution in [0.3, 0.4) is 0 Å². The molecule has 0 aliphatic heterocycles. The van der Waals surface area contributed by atoms with Crippen molar-refractivity contribution in [3.63, 3.8) is 0 Å². The Morgan fingerprint density at radius 1 is 1.32 bits per heavy atom. The van der Waals surface area contributed by atoms with E-state index in [1.54, 1.807) is 14.2 Å². The van der Waals surface area contributed by atoms with E-state index in [-0.39, 0.29) is 12.2 Å². The van der Waals surface area contributed by atoms with E-state index in [0.717, 1.165) is 36.5 Å². The normalized spacial score (nSPS) is 20.9. The van der Waals surface area contributed by atoms with Gasteiger partial charge in [-0.3, -0.25) is 0 Å². The molecule has 0 saturated carbocycles. The fourth-order valence-electron chi connectivity index (χ4n) is 2.82. The van der Waals surface area contributed by atoms with E-state index in [0.29, 0.717) is 6.54 Å². The maximum absolute atomic E-state index is 10.1. The summed E-state index contributed by atoms with van der Waals surface area (Å²) in [6.45, 7) is 3.49. The van der Waals surface area contributed by atoms with Crippen molar-refractivity contribution in [3.05, 3.63) is 53.8 Å². The van der Waals surface area contributed by atoms with Crippen LogP contribution in [0.15, 0.2) is 48.3 Å². The first-order valence-corrected chi connectivity index (χ1v) is 8.63. The highest BCUT2D eigenvalue weighted by Gasteiger charge is 2.30. The summed E-state index contributed by atoms with van der Waals surface area (Å²) in [5, 5.41) is 13.3. The highest BCUT2D eigenvalue weighted by molar-refractivity contribution is 5.27. The van der Waals surface area contributed by atoms with E-state index >= 15 is 0 Å². The lowest BCUT2D eigenvalue weighted by Gasteiger charge is -2.32. The Hall–Kier alpha value is -1.82. The Morgan fingerprint density at radius 2 is 2.16 bits per heavy atom. The molecule has 1 aromatic rings. The smallest absolute Gasteiger partial charge is 0.119 e. The maximum Gasteiger partial charge on any atom is 0.119 e. The summed E-state index contributed by atoms with van der Waals surface area (Å²) in [5.41, 5.74) is 0.788. The lowest BCUT2D eigenvalue weighted by molar-refractivity contribution is 0.0124. The Labute approximate surface area is 150 Å². The minimum atomic E-state index is -0.560. The van der Waals surface area contributed by atoms with E-state index in [1.807, 2.05) is 43.3 Å². The van der Waals surface area contributed by atoms with Crippen molar-refractivity contribution >= 4 is 0 Å². The number of hydrogen-bond acceptors (Lipinski definition) is 5. The monoisotopic (exact) mass is 347 g/mol. The van der Waals surface area contributed by atoms with Crippen molar-refractivity contribution in [3.8, 4) is 5.75 Å². The molecule has 0 amide bonds. The molecule has 1 aliphatic carbocycles.